The second-order valence-electron chi connectivity index (χ2n) is 5.62. The van der Waals surface area contributed by atoms with Gasteiger partial charge in [0, 0.05) is 23.0 Å². The van der Waals surface area contributed by atoms with Crippen molar-refractivity contribution in [1.29, 1.82) is 0 Å². The summed E-state index contributed by atoms with van der Waals surface area (Å²) in [4.78, 5) is 4.18. The third-order valence-electron chi connectivity index (χ3n) is 3.87. The minimum absolute atomic E-state index is 0.428. The van der Waals surface area contributed by atoms with Crippen molar-refractivity contribution >= 4 is 45.0 Å². The van der Waals surface area contributed by atoms with Gasteiger partial charge in [-0.25, -0.2) is 0 Å². The highest BCUT2D eigenvalue weighted by Gasteiger charge is 2.06. The van der Waals surface area contributed by atoms with Gasteiger partial charge in [0.15, 0.2) is 6.20 Å². The molecule has 4 aromatic rings. The molecule has 0 radical (unpaired) electrons. The summed E-state index contributed by atoms with van der Waals surface area (Å²) in [6.07, 6.45) is 2.95. The van der Waals surface area contributed by atoms with E-state index in [1.54, 1.807) is 44.7 Å². The first-order valence-electron chi connectivity index (χ1n) is 7.96. The molecule has 0 atom stereocenters. The molecule has 0 spiro atoms. The second kappa shape index (κ2) is 8.29. The fourth-order valence-electron chi connectivity index (χ4n) is 2.53. The van der Waals surface area contributed by atoms with Gasteiger partial charge in [-0.2, -0.15) is 4.73 Å². The molecule has 2 aromatic heterocycles. The third-order valence-corrected chi connectivity index (χ3v) is 4.28. The first-order chi connectivity index (χ1) is 13.0. The molecule has 0 amide bonds. The van der Waals surface area contributed by atoms with Gasteiger partial charge in [-0.05, 0) is 36.4 Å². The molecule has 0 aliphatic rings. The lowest BCUT2D eigenvalue weighted by molar-refractivity contribution is -0.576. The molecule has 4 rings (SSSR count). The Morgan fingerprint density at radius 1 is 0.852 bits per heavy atom. The Morgan fingerprint density at radius 2 is 1.48 bits per heavy atom. The monoisotopic (exact) mass is 402 g/mol. The largest absolute Gasteiger partial charge is 0.618 e. The summed E-state index contributed by atoms with van der Waals surface area (Å²) in [6, 6.07) is 14.6. The van der Waals surface area contributed by atoms with E-state index < -0.39 is 0 Å². The quantitative estimate of drug-likeness (QED) is 0.348. The maximum Gasteiger partial charge on any atom is 0.227 e. The molecule has 2 aromatic carbocycles. The first kappa shape index (κ1) is 19.0. The van der Waals surface area contributed by atoms with Crippen molar-refractivity contribution in [3.8, 4) is 11.5 Å². The summed E-state index contributed by atoms with van der Waals surface area (Å²) in [6.45, 7) is 0. The van der Waals surface area contributed by atoms with Gasteiger partial charge in [0.05, 0.1) is 30.8 Å². The fraction of sp³-hybridized carbons (Fsp3) is 0.100. The Morgan fingerprint density at radius 3 is 2.19 bits per heavy atom. The third kappa shape index (κ3) is 4.51. The van der Waals surface area contributed by atoms with Crippen LogP contribution in [-0.2, 0) is 0 Å². The van der Waals surface area contributed by atoms with Crippen LogP contribution in [0.3, 0.4) is 0 Å². The van der Waals surface area contributed by atoms with E-state index in [1.165, 1.54) is 6.20 Å². The molecular weight excluding hydrogens is 387 g/mol. The predicted octanol–water partition coefficient (Wildman–Crippen LogP) is 5.03. The Balaban J connectivity index is 0.000000156. The number of methoxy groups -OCH3 is 2. The summed E-state index contributed by atoms with van der Waals surface area (Å²) in [5.41, 5.74) is 1.44. The van der Waals surface area contributed by atoms with E-state index in [4.69, 9.17) is 32.7 Å². The van der Waals surface area contributed by atoms with Crippen molar-refractivity contribution in [1.82, 2.24) is 4.98 Å². The van der Waals surface area contributed by atoms with Crippen molar-refractivity contribution in [3.63, 3.8) is 0 Å². The van der Waals surface area contributed by atoms with E-state index in [2.05, 4.69) is 4.98 Å². The summed E-state index contributed by atoms with van der Waals surface area (Å²) in [5, 5.41) is 14.3. The molecule has 0 fully saturated rings. The normalized spacial score (nSPS) is 10.4. The minimum atomic E-state index is 0.428. The predicted molar refractivity (Wildman–Crippen MR) is 108 cm³/mol. The molecule has 27 heavy (non-hydrogen) atoms. The molecule has 2 heterocycles. The van der Waals surface area contributed by atoms with E-state index in [9.17, 15) is 5.21 Å². The lowest BCUT2D eigenvalue weighted by atomic mass is 10.2. The number of halogens is 2. The molecule has 0 aliphatic carbocycles. The highest BCUT2D eigenvalue weighted by molar-refractivity contribution is 6.31. The van der Waals surface area contributed by atoms with Gasteiger partial charge in [0.1, 0.15) is 16.5 Å². The van der Waals surface area contributed by atoms with Crippen LogP contribution >= 0.6 is 23.2 Å². The Hall–Kier alpha value is -2.76. The molecule has 0 unspecified atom stereocenters. The standard InChI is InChI=1S/C10H8ClNO2.C10H8ClNO/c1-14-9-3-2-7-4-8(11)6-12(13)10(7)5-9;1-13-9-3-2-7-4-8(11)6-12-10(7)5-9/h2-6H,1H3;2-6H,1H3. The highest BCUT2D eigenvalue weighted by Crippen LogP contribution is 2.21. The van der Waals surface area contributed by atoms with Crippen molar-refractivity contribution in [3.05, 3.63) is 76.2 Å². The number of nitrogens with zero attached hydrogens (tertiary/aromatic N) is 2. The number of rotatable bonds is 2. The van der Waals surface area contributed by atoms with Crippen LogP contribution in [0, 0.1) is 5.21 Å². The number of hydrogen-bond donors (Lipinski definition) is 0. The van der Waals surface area contributed by atoms with Crippen LogP contribution in [0.1, 0.15) is 0 Å². The van der Waals surface area contributed by atoms with E-state index in [0.29, 0.717) is 21.3 Å². The number of ether oxygens (including phenoxy) is 2. The van der Waals surface area contributed by atoms with Crippen molar-refractivity contribution < 1.29 is 14.2 Å². The molecular formula is C20H16Cl2N2O3. The van der Waals surface area contributed by atoms with Crippen molar-refractivity contribution in [2.75, 3.05) is 14.2 Å². The molecule has 5 nitrogen and oxygen atoms in total. The lowest BCUT2D eigenvalue weighted by Gasteiger charge is -2.04. The zero-order valence-corrected chi connectivity index (χ0v) is 16.2. The van der Waals surface area contributed by atoms with Gasteiger partial charge in [0.25, 0.3) is 0 Å². The van der Waals surface area contributed by atoms with Crippen LogP contribution in [0.25, 0.3) is 21.8 Å². The Labute approximate surface area is 166 Å². The molecule has 0 aliphatic heterocycles. The zero-order chi connectivity index (χ0) is 19.4. The van der Waals surface area contributed by atoms with Gasteiger partial charge >= 0.3 is 0 Å². The van der Waals surface area contributed by atoms with Crippen LogP contribution < -0.4 is 14.2 Å². The van der Waals surface area contributed by atoms with Crippen molar-refractivity contribution in [2.24, 2.45) is 0 Å². The average Bonchev–Trinajstić information content (AvgIpc) is 2.67. The Bertz CT molecular complexity index is 1100. The van der Waals surface area contributed by atoms with E-state index in [1.807, 2.05) is 24.3 Å². The average molecular weight is 403 g/mol. The van der Waals surface area contributed by atoms with E-state index in [-0.39, 0.29) is 0 Å². The van der Waals surface area contributed by atoms with Crippen LogP contribution in [0.2, 0.25) is 10.0 Å². The lowest BCUT2D eigenvalue weighted by Crippen LogP contribution is -2.26. The fourth-order valence-corrected chi connectivity index (χ4v) is 2.90. The van der Waals surface area contributed by atoms with Gasteiger partial charge < -0.3 is 14.7 Å². The van der Waals surface area contributed by atoms with E-state index >= 15 is 0 Å². The van der Waals surface area contributed by atoms with Gasteiger partial charge in [-0.15, -0.1) is 0 Å². The maximum atomic E-state index is 11.4. The molecule has 138 valence electrons. The van der Waals surface area contributed by atoms with Gasteiger partial charge in [-0.3, -0.25) is 4.98 Å². The number of benzene rings is 2. The first-order valence-corrected chi connectivity index (χ1v) is 8.71. The van der Waals surface area contributed by atoms with Crippen LogP contribution in [0.5, 0.6) is 11.5 Å². The summed E-state index contributed by atoms with van der Waals surface area (Å²) < 4.78 is 10.8. The topological polar surface area (TPSA) is 58.3 Å². The number of hydrogen-bond acceptors (Lipinski definition) is 4. The Kier molecular flexibility index (Phi) is 5.84. The zero-order valence-electron chi connectivity index (χ0n) is 14.6. The highest BCUT2D eigenvalue weighted by atomic mass is 35.5. The van der Waals surface area contributed by atoms with Gasteiger partial charge in [-0.1, -0.05) is 23.2 Å². The molecule has 0 saturated carbocycles. The number of aromatic nitrogens is 2. The summed E-state index contributed by atoms with van der Waals surface area (Å²) >= 11 is 11.5. The van der Waals surface area contributed by atoms with Gasteiger partial charge in [0.2, 0.25) is 5.52 Å². The minimum Gasteiger partial charge on any atom is -0.618 e. The van der Waals surface area contributed by atoms with Crippen LogP contribution in [0.15, 0.2) is 60.9 Å². The summed E-state index contributed by atoms with van der Waals surface area (Å²) in [7, 11) is 3.20. The number of pyridine rings is 2. The molecule has 0 bridgehead atoms. The van der Waals surface area contributed by atoms with Crippen molar-refractivity contribution in [2.45, 2.75) is 0 Å². The van der Waals surface area contributed by atoms with Crippen LogP contribution in [0.4, 0.5) is 0 Å². The summed E-state index contributed by atoms with van der Waals surface area (Å²) in [5.74, 6) is 1.46. The maximum absolute atomic E-state index is 11.4. The molecule has 0 saturated heterocycles. The van der Waals surface area contributed by atoms with E-state index in [0.717, 1.165) is 26.8 Å². The van der Waals surface area contributed by atoms with Crippen LogP contribution in [-0.4, -0.2) is 19.2 Å². The SMILES string of the molecule is COc1ccc2cc(Cl)c[n+]([O-])c2c1.COc1ccc2cc(Cl)cnc2c1. The smallest absolute Gasteiger partial charge is 0.227 e. The number of fused-ring (bicyclic) bond motifs is 2. The second-order valence-corrected chi connectivity index (χ2v) is 6.49. The molecule has 7 heteroatoms. The molecule has 0 N–H and O–H groups in total.